The molecule has 3 aliphatic heterocycles. The summed E-state index contributed by atoms with van der Waals surface area (Å²) in [4.78, 5) is 41.4. The van der Waals surface area contributed by atoms with Crippen LogP contribution in [0.5, 0.6) is 0 Å². The first-order chi connectivity index (χ1) is 10.7. The molecule has 0 radical (unpaired) electrons. The molecule has 3 atom stereocenters. The Labute approximate surface area is 132 Å². The Morgan fingerprint density at radius 2 is 2.05 bits per heavy atom. The largest absolute Gasteiger partial charge is 0.346 e. The number of thiophene rings is 1. The molecular formula is C15H17N3O3S. The Morgan fingerprint density at radius 3 is 2.82 bits per heavy atom. The maximum absolute atomic E-state index is 12.7. The highest BCUT2D eigenvalue weighted by atomic mass is 32.1. The van der Waals surface area contributed by atoms with Crippen molar-refractivity contribution in [3.8, 4) is 0 Å². The van der Waals surface area contributed by atoms with Crippen LogP contribution >= 0.6 is 11.3 Å². The van der Waals surface area contributed by atoms with Gasteiger partial charge in [-0.05, 0) is 30.7 Å². The van der Waals surface area contributed by atoms with Gasteiger partial charge in [0.25, 0.3) is 5.91 Å². The maximum atomic E-state index is 12.7. The average Bonchev–Trinajstić information content (AvgIpc) is 3.24. The number of hydrogen-bond donors (Lipinski definition) is 1. The number of nitrogens with zero attached hydrogens (tertiary/aromatic N) is 2. The Kier molecular flexibility index (Phi) is 3.18. The average molecular weight is 319 g/mol. The Hall–Kier alpha value is -1.89. The van der Waals surface area contributed by atoms with E-state index in [4.69, 9.17) is 0 Å². The lowest BCUT2D eigenvalue weighted by Crippen LogP contribution is -2.64. The summed E-state index contributed by atoms with van der Waals surface area (Å²) in [5.74, 6) is -0.114. The Morgan fingerprint density at radius 1 is 1.18 bits per heavy atom. The molecule has 1 aromatic heterocycles. The number of piperazine rings is 1. The van der Waals surface area contributed by atoms with Crippen LogP contribution in [-0.4, -0.2) is 58.7 Å². The number of hydrogen-bond acceptors (Lipinski definition) is 4. The number of nitrogens with one attached hydrogen (secondary N) is 1. The zero-order valence-electron chi connectivity index (χ0n) is 12.0. The fourth-order valence-electron chi connectivity index (χ4n) is 3.79. The minimum atomic E-state index is -0.522. The van der Waals surface area contributed by atoms with E-state index in [1.807, 2.05) is 11.4 Å². The predicted octanol–water partition coefficient (Wildman–Crippen LogP) is 0.452. The van der Waals surface area contributed by atoms with Crippen LogP contribution < -0.4 is 5.32 Å². The molecule has 0 spiro atoms. The quantitative estimate of drug-likeness (QED) is 0.860. The number of fused-ring (bicyclic) bond motifs is 2. The molecule has 4 heterocycles. The van der Waals surface area contributed by atoms with Gasteiger partial charge in [0.05, 0.1) is 10.9 Å². The third-order valence-electron chi connectivity index (χ3n) is 4.82. The van der Waals surface area contributed by atoms with E-state index >= 15 is 0 Å². The van der Waals surface area contributed by atoms with E-state index in [1.165, 1.54) is 11.3 Å². The number of amides is 3. The van der Waals surface area contributed by atoms with Crippen LogP contribution in [-0.2, 0) is 9.59 Å². The van der Waals surface area contributed by atoms with E-state index in [1.54, 1.807) is 15.9 Å². The summed E-state index contributed by atoms with van der Waals surface area (Å²) >= 11 is 1.37. The first kappa shape index (κ1) is 13.8. The van der Waals surface area contributed by atoms with E-state index in [0.29, 0.717) is 24.4 Å². The molecule has 1 aromatic rings. The summed E-state index contributed by atoms with van der Waals surface area (Å²) < 4.78 is 0. The molecule has 4 rings (SSSR count). The zero-order valence-corrected chi connectivity index (χ0v) is 12.8. The van der Waals surface area contributed by atoms with E-state index in [-0.39, 0.29) is 29.8 Å². The van der Waals surface area contributed by atoms with E-state index in [9.17, 15) is 14.4 Å². The van der Waals surface area contributed by atoms with Crippen molar-refractivity contribution in [1.82, 2.24) is 15.1 Å². The molecule has 7 heteroatoms. The highest BCUT2D eigenvalue weighted by molar-refractivity contribution is 7.12. The lowest BCUT2D eigenvalue weighted by atomic mass is 10.0. The number of rotatable bonds is 2. The second-order valence-electron chi connectivity index (χ2n) is 6.01. The summed E-state index contributed by atoms with van der Waals surface area (Å²) in [5, 5.41) is 4.79. The SMILES string of the molecule is O=C(N[C@H]1CCN2C(=O)[C@H]3CCCN3C(=O)[C@H]12)c1cccs1. The summed E-state index contributed by atoms with van der Waals surface area (Å²) in [7, 11) is 0. The molecule has 3 aliphatic rings. The molecule has 3 amide bonds. The molecule has 0 aliphatic carbocycles. The van der Waals surface area contributed by atoms with Gasteiger partial charge in [0.15, 0.2) is 0 Å². The van der Waals surface area contributed by atoms with Gasteiger partial charge in [0.2, 0.25) is 11.8 Å². The highest BCUT2D eigenvalue weighted by Gasteiger charge is 2.53. The van der Waals surface area contributed by atoms with Crippen molar-refractivity contribution in [3.05, 3.63) is 22.4 Å². The molecule has 0 aromatic carbocycles. The Balaban J connectivity index is 1.55. The standard InChI is InChI=1S/C15H17N3O3S/c19-13(11-4-2-8-22-11)16-9-5-7-18-12(9)15(21)17-6-1-3-10(17)14(18)20/h2,4,8-10,12H,1,3,5-7H2,(H,16,19)/t9-,10+,12-/m0/s1. The first-order valence-corrected chi connectivity index (χ1v) is 8.50. The van der Waals surface area contributed by atoms with Crippen molar-refractivity contribution >= 4 is 29.1 Å². The van der Waals surface area contributed by atoms with Gasteiger partial charge in [-0.15, -0.1) is 11.3 Å². The summed E-state index contributed by atoms with van der Waals surface area (Å²) in [6.45, 7) is 1.21. The van der Waals surface area contributed by atoms with Gasteiger partial charge in [-0.3, -0.25) is 14.4 Å². The molecule has 3 saturated heterocycles. The fraction of sp³-hybridized carbons (Fsp3) is 0.533. The molecular weight excluding hydrogens is 302 g/mol. The van der Waals surface area contributed by atoms with Crippen LogP contribution in [0.4, 0.5) is 0 Å². The predicted molar refractivity (Wildman–Crippen MR) is 80.4 cm³/mol. The molecule has 116 valence electrons. The van der Waals surface area contributed by atoms with Gasteiger partial charge in [-0.25, -0.2) is 0 Å². The molecule has 0 unspecified atom stereocenters. The van der Waals surface area contributed by atoms with Gasteiger partial charge >= 0.3 is 0 Å². The normalized spacial score (nSPS) is 30.5. The van der Waals surface area contributed by atoms with E-state index < -0.39 is 6.04 Å². The van der Waals surface area contributed by atoms with Gasteiger partial charge in [-0.2, -0.15) is 0 Å². The topological polar surface area (TPSA) is 69.7 Å². The smallest absolute Gasteiger partial charge is 0.261 e. The fourth-order valence-corrected chi connectivity index (χ4v) is 4.42. The molecule has 0 saturated carbocycles. The van der Waals surface area contributed by atoms with E-state index in [0.717, 1.165) is 12.8 Å². The minimum absolute atomic E-state index is 0.00363. The monoisotopic (exact) mass is 319 g/mol. The second kappa shape index (κ2) is 5.08. The third-order valence-corrected chi connectivity index (χ3v) is 5.69. The van der Waals surface area contributed by atoms with Crippen molar-refractivity contribution in [2.75, 3.05) is 13.1 Å². The maximum Gasteiger partial charge on any atom is 0.261 e. The highest BCUT2D eigenvalue weighted by Crippen LogP contribution is 2.32. The number of carbonyl (C=O) groups excluding carboxylic acids is 3. The Bertz CT molecular complexity index is 630. The van der Waals surface area contributed by atoms with Crippen LogP contribution in [0.15, 0.2) is 17.5 Å². The first-order valence-electron chi connectivity index (χ1n) is 7.62. The van der Waals surface area contributed by atoms with Crippen LogP contribution in [0, 0.1) is 0 Å². The van der Waals surface area contributed by atoms with Crippen molar-refractivity contribution in [2.24, 2.45) is 0 Å². The molecule has 6 nitrogen and oxygen atoms in total. The van der Waals surface area contributed by atoms with Crippen LogP contribution in [0.3, 0.4) is 0 Å². The van der Waals surface area contributed by atoms with Crippen molar-refractivity contribution < 1.29 is 14.4 Å². The van der Waals surface area contributed by atoms with Gasteiger partial charge in [0, 0.05) is 13.1 Å². The lowest BCUT2D eigenvalue weighted by molar-refractivity contribution is -0.157. The van der Waals surface area contributed by atoms with Crippen LogP contribution in [0.1, 0.15) is 28.9 Å². The van der Waals surface area contributed by atoms with Crippen molar-refractivity contribution in [2.45, 2.75) is 37.4 Å². The molecule has 3 fully saturated rings. The molecule has 1 N–H and O–H groups in total. The van der Waals surface area contributed by atoms with E-state index in [2.05, 4.69) is 5.32 Å². The minimum Gasteiger partial charge on any atom is -0.346 e. The molecule has 22 heavy (non-hydrogen) atoms. The van der Waals surface area contributed by atoms with Crippen molar-refractivity contribution in [1.29, 1.82) is 0 Å². The second-order valence-corrected chi connectivity index (χ2v) is 6.96. The molecule has 0 bridgehead atoms. The van der Waals surface area contributed by atoms with Gasteiger partial charge in [-0.1, -0.05) is 6.07 Å². The van der Waals surface area contributed by atoms with Crippen LogP contribution in [0.2, 0.25) is 0 Å². The van der Waals surface area contributed by atoms with Gasteiger partial charge < -0.3 is 15.1 Å². The van der Waals surface area contributed by atoms with Gasteiger partial charge in [0.1, 0.15) is 12.1 Å². The van der Waals surface area contributed by atoms with Crippen molar-refractivity contribution in [3.63, 3.8) is 0 Å². The lowest BCUT2D eigenvalue weighted by Gasteiger charge is -2.40. The zero-order chi connectivity index (χ0) is 15.3. The summed E-state index contributed by atoms with van der Waals surface area (Å²) in [5.41, 5.74) is 0. The third kappa shape index (κ3) is 1.95. The summed E-state index contributed by atoms with van der Waals surface area (Å²) in [6, 6.07) is 2.51. The summed E-state index contributed by atoms with van der Waals surface area (Å²) in [6.07, 6.45) is 2.29. The number of carbonyl (C=O) groups is 3. The van der Waals surface area contributed by atoms with Crippen LogP contribution in [0.25, 0.3) is 0 Å².